The van der Waals surface area contributed by atoms with E-state index in [9.17, 15) is 0 Å². The summed E-state index contributed by atoms with van der Waals surface area (Å²) in [5.74, 6) is 0. The van der Waals surface area contributed by atoms with E-state index in [4.69, 9.17) is 0 Å². The maximum absolute atomic E-state index is 4.44. The number of nitrogens with one attached hydrogen (secondary N) is 1. The highest BCUT2D eigenvalue weighted by atomic mass is 32.1. The van der Waals surface area contributed by atoms with Crippen molar-refractivity contribution in [1.29, 1.82) is 0 Å². The van der Waals surface area contributed by atoms with Gasteiger partial charge in [0.05, 0.1) is 12.2 Å². The van der Waals surface area contributed by atoms with Crippen molar-refractivity contribution in [3.05, 3.63) is 41.2 Å². The molecule has 1 N–H and O–H groups in total. The molecule has 0 bridgehead atoms. The van der Waals surface area contributed by atoms with Crippen LogP contribution in [0.4, 0.5) is 5.13 Å². The fourth-order valence-electron chi connectivity index (χ4n) is 1.61. The van der Waals surface area contributed by atoms with Gasteiger partial charge in [0.1, 0.15) is 0 Å². The Bertz CT molecular complexity index is 469. The average molecular weight is 262 g/mol. The molecule has 0 aromatic carbocycles. The summed E-state index contributed by atoms with van der Waals surface area (Å²) in [7, 11) is 2.05. The van der Waals surface area contributed by atoms with Gasteiger partial charge in [-0.05, 0) is 18.7 Å². The van der Waals surface area contributed by atoms with Gasteiger partial charge in [0.25, 0.3) is 0 Å². The lowest BCUT2D eigenvalue weighted by atomic mass is 10.3. The van der Waals surface area contributed by atoms with E-state index in [0.717, 1.165) is 30.5 Å². The zero-order valence-electron chi connectivity index (χ0n) is 10.8. The number of hydrogen-bond acceptors (Lipinski definition) is 5. The minimum Gasteiger partial charge on any atom is -0.345 e. The Hall–Kier alpha value is -1.46. The third kappa shape index (κ3) is 3.51. The molecule has 2 aromatic rings. The summed E-state index contributed by atoms with van der Waals surface area (Å²) in [5, 5.41) is 4.34. The third-order valence-electron chi connectivity index (χ3n) is 2.54. The molecule has 96 valence electrons. The molecule has 0 unspecified atom stereocenters. The summed E-state index contributed by atoms with van der Waals surface area (Å²) in [6.07, 6.45) is 3.76. The first-order chi connectivity index (χ1) is 8.79. The molecule has 5 heteroatoms. The number of anilines is 1. The fourth-order valence-corrected chi connectivity index (χ4v) is 2.45. The average Bonchev–Trinajstić information content (AvgIpc) is 2.86. The van der Waals surface area contributed by atoms with Gasteiger partial charge in [-0.15, -0.1) is 11.3 Å². The molecule has 4 nitrogen and oxygen atoms in total. The predicted molar refractivity (Wildman–Crippen MR) is 75.8 cm³/mol. The number of thiazole rings is 1. The highest BCUT2D eigenvalue weighted by Crippen LogP contribution is 2.22. The van der Waals surface area contributed by atoms with Crippen molar-refractivity contribution in [1.82, 2.24) is 15.3 Å². The van der Waals surface area contributed by atoms with Crippen molar-refractivity contribution in [3.8, 4) is 0 Å². The van der Waals surface area contributed by atoms with Crippen molar-refractivity contribution in [2.24, 2.45) is 0 Å². The van der Waals surface area contributed by atoms with E-state index in [1.165, 1.54) is 4.88 Å². The first-order valence-corrected chi connectivity index (χ1v) is 6.87. The minimum atomic E-state index is 0.787. The monoisotopic (exact) mass is 262 g/mol. The van der Waals surface area contributed by atoms with Crippen LogP contribution in [0, 0.1) is 0 Å². The standard InChI is InChI=1S/C13H18N4S/c1-3-14-8-12-9-16-13(18-12)17(2)10-11-6-4-5-7-15-11/h4-7,9,14H,3,8,10H2,1-2H3. The summed E-state index contributed by atoms with van der Waals surface area (Å²) in [6.45, 7) is 4.77. The van der Waals surface area contributed by atoms with Gasteiger partial charge in [0.2, 0.25) is 0 Å². The highest BCUT2D eigenvalue weighted by molar-refractivity contribution is 7.15. The molecule has 0 amide bonds. The van der Waals surface area contributed by atoms with E-state index < -0.39 is 0 Å². The van der Waals surface area contributed by atoms with Gasteiger partial charge in [-0.25, -0.2) is 4.98 Å². The van der Waals surface area contributed by atoms with Crippen LogP contribution in [-0.2, 0) is 13.1 Å². The van der Waals surface area contributed by atoms with Crippen LogP contribution in [-0.4, -0.2) is 23.6 Å². The second-order valence-corrected chi connectivity index (χ2v) is 5.16. The van der Waals surface area contributed by atoms with Crippen LogP contribution in [0.25, 0.3) is 0 Å². The van der Waals surface area contributed by atoms with Crippen molar-refractivity contribution < 1.29 is 0 Å². The molecule has 2 rings (SSSR count). The molecule has 0 aliphatic heterocycles. The van der Waals surface area contributed by atoms with Crippen LogP contribution in [0.2, 0.25) is 0 Å². The Kier molecular flexibility index (Phi) is 4.66. The zero-order chi connectivity index (χ0) is 12.8. The number of aromatic nitrogens is 2. The molecule has 2 aromatic heterocycles. The maximum Gasteiger partial charge on any atom is 0.185 e. The van der Waals surface area contributed by atoms with E-state index in [-0.39, 0.29) is 0 Å². The quantitative estimate of drug-likeness (QED) is 0.867. The molecule has 2 heterocycles. The Labute approximate surface area is 112 Å². The molecular weight excluding hydrogens is 244 g/mol. The first-order valence-electron chi connectivity index (χ1n) is 6.06. The lowest BCUT2D eigenvalue weighted by Gasteiger charge is -2.14. The van der Waals surface area contributed by atoms with E-state index in [2.05, 4.69) is 27.1 Å². The van der Waals surface area contributed by atoms with Gasteiger partial charge < -0.3 is 10.2 Å². The Morgan fingerprint density at radius 1 is 1.33 bits per heavy atom. The number of pyridine rings is 1. The van der Waals surface area contributed by atoms with Gasteiger partial charge in [-0.3, -0.25) is 4.98 Å². The van der Waals surface area contributed by atoms with Crippen LogP contribution < -0.4 is 10.2 Å². The lowest BCUT2D eigenvalue weighted by Crippen LogP contribution is -2.16. The topological polar surface area (TPSA) is 41.1 Å². The molecule has 18 heavy (non-hydrogen) atoms. The smallest absolute Gasteiger partial charge is 0.185 e. The maximum atomic E-state index is 4.44. The lowest BCUT2D eigenvalue weighted by molar-refractivity contribution is 0.734. The minimum absolute atomic E-state index is 0.787. The summed E-state index contributed by atoms with van der Waals surface area (Å²) in [4.78, 5) is 12.2. The van der Waals surface area contributed by atoms with Crippen molar-refractivity contribution in [3.63, 3.8) is 0 Å². The molecule has 0 radical (unpaired) electrons. The normalized spacial score (nSPS) is 10.6. The second kappa shape index (κ2) is 6.47. The third-order valence-corrected chi connectivity index (χ3v) is 3.65. The van der Waals surface area contributed by atoms with Gasteiger partial charge >= 0.3 is 0 Å². The highest BCUT2D eigenvalue weighted by Gasteiger charge is 2.07. The van der Waals surface area contributed by atoms with Crippen LogP contribution >= 0.6 is 11.3 Å². The van der Waals surface area contributed by atoms with Gasteiger partial charge in [0, 0.05) is 30.9 Å². The van der Waals surface area contributed by atoms with E-state index in [0.29, 0.717) is 0 Å². The van der Waals surface area contributed by atoms with Crippen molar-refractivity contribution >= 4 is 16.5 Å². The molecular formula is C13H18N4S. The SMILES string of the molecule is CCNCc1cnc(N(C)Cc2ccccn2)s1. The fraction of sp³-hybridized carbons (Fsp3) is 0.385. The molecule has 0 saturated heterocycles. The largest absolute Gasteiger partial charge is 0.345 e. The van der Waals surface area contributed by atoms with Crippen LogP contribution in [0.5, 0.6) is 0 Å². The molecule has 0 aliphatic rings. The van der Waals surface area contributed by atoms with E-state index in [1.54, 1.807) is 11.3 Å². The van der Waals surface area contributed by atoms with Crippen LogP contribution in [0.3, 0.4) is 0 Å². The Morgan fingerprint density at radius 2 is 2.22 bits per heavy atom. The molecule has 0 spiro atoms. The first kappa shape index (κ1) is 13.0. The van der Waals surface area contributed by atoms with E-state index in [1.807, 2.05) is 37.6 Å². The molecule has 0 atom stereocenters. The molecule has 0 aliphatic carbocycles. The summed E-state index contributed by atoms with van der Waals surface area (Å²) in [5.41, 5.74) is 1.06. The summed E-state index contributed by atoms with van der Waals surface area (Å²) < 4.78 is 0. The van der Waals surface area contributed by atoms with Crippen molar-refractivity contribution in [2.75, 3.05) is 18.5 Å². The predicted octanol–water partition coefficient (Wildman–Crippen LogP) is 2.28. The van der Waals surface area contributed by atoms with Gasteiger partial charge in [-0.2, -0.15) is 0 Å². The number of hydrogen-bond donors (Lipinski definition) is 1. The van der Waals surface area contributed by atoms with Gasteiger partial charge in [0.15, 0.2) is 5.13 Å². The van der Waals surface area contributed by atoms with Gasteiger partial charge in [-0.1, -0.05) is 13.0 Å². The number of rotatable bonds is 6. The van der Waals surface area contributed by atoms with E-state index >= 15 is 0 Å². The number of nitrogens with zero attached hydrogens (tertiary/aromatic N) is 3. The van der Waals surface area contributed by atoms with Crippen molar-refractivity contribution in [2.45, 2.75) is 20.0 Å². The summed E-state index contributed by atoms with van der Waals surface area (Å²) in [6, 6.07) is 5.97. The molecule has 0 saturated carbocycles. The Morgan fingerprint density at radius 3 is 2.94 bits per heavy atom. The zero-order valence-corrected chi connectivity index (χ0v) is 11.6. The summed E-state index contributed by atoms with van der Waals surface area (Å²) >= 11 is 1.72. The Balaban J connectivity index is 1.96. The molecule has 0 fully saturated rings. The van der Waals surface area contributed by atoms with Crippen LogP contribution in [0.1, 0.15) is 17.5 Å². The van der Waals surface area contributed by atoms with Crippen LogP contribution in [0.15, 0.2) is 30.6 Å². The second-order valence-electron chi connectivity index (χ2n) is 4.07.